The second kappa shape index (κ2) is 6.37. The third kappa shape index (κ3) is 2.78. The molecule has 0 aliphatic carbocycles. The standard InChI is InChI=1S/C20H14N4O2S/c1-25-15-8-4-2-6-13(15)10-11-18-23-24-19(21-22-20(24)27-18)17-12-14-7-3-5-9-16(14)26-17/h2-12H,1H3/b11-10-. The molecule has 0 radical (unpaired) electrons. The van der Waals surface area contributed by atoms with Crippen molar-refractivity contribution in [1.29, 1.82) is 0 Å². The lowest BCUT2D eigenvalue weighted by Crippen LogP contribution is -1.89. The van der Waals surface area contributed by atoms with Gasteiger partial charge in [0.25, 0.3) is 0 Å². The molecule has 3 aromatic heterocycles. The average Bonchev–Trinajstić information content (AvgIpc) is 3.39. The Morgan fingerprint density at radius 3 is 2.78 bits per heavy atom. The Hall–Kier alpha value is -3.45. The molecule has 0 saturated carbocycles. The van der Waals surface area contributed by atoms with Gasteiger partial charge >= 0.3 is 0 Å². The minimum Gasteiger partial charge on any atom is -0.496 e. The Morgan fingerprint density at radius 1 is 1.04 bits per heavy atom. The van der Waals surface area contributed by atoms with Crippen LogP contribution < -0.4 is 4.74 Å². The van der Waals surface area contributed by atoms with E-state index in [2.05, 4.69) is 15.3 Å². The first-order valence-electron chi connectivity index (χ1n) is 8.34. The summed E-state index contributed by atoms with van der Waals surface area (Å²) >= 11 is 1.46. The van der Waals surface area contributed by atoms with Crippen LogP contribution in [0.25, 0.3) is 39.7 Å². The normalized spacial score (nSPS) is 11.7. The van der Waals surface area contributed by atoms with Crippen LogP contribution in [0, 0.1) is 0 Å². The van der Waals surface area contributed by atoms with Gasteiger partial charge in [0.15, 0.2) is 5.76 Å². The van der Waals surface area contributed by atoms with Crippen molar-refractivity contribution in [3.63, 3.8) is 0 Å². The predicted octanol–water partition coefficient (Wildman–Crippen LogP) is 4.78. The number of nitrogens with zero attached hydrogens (tertiary/aromatic N) is 4. The first-order chi connectivity index (χ1) is 13.3. The molecule has 6 nitrogen and oxygen atoms in total. The molecule has 0 aliphatic rings. The number of para-hydroxylation sites is 2. The van der Waals surface area contributed by atoms with E-state index in [1.54, 1.807) is 11.6 Å². The van der Waals surface area contributed by atoms with E-state index in [-0.39, 0.29) is 0 Å². The van der Waals surface area contributed by atoms with Crippen LogP contribution in [0.15, 0.2) is 59.0 Å². The second-order valence-electron chi connectivity index (χ2n) is 5.88. The number of rotatable bonds is 4. The van der Waals surface area contributed by atoms with Crippen LogP contribution >= 0.6 is 11.3 Å². The number of fused-ring (bicyclic) bond motifs is 2. The second-order valence-corrected chi connectivity index (χ2v) is 6.87. The highest BCUT2D eigenvalue weighted by Crippen LogP contribution is 2.28. The Morgan fingerprint density at radius 2 is 1.89 bits per heavy atom. The van der Waals surface area contributed by atoms with Crippen molar-refractivity contribution < 1.29 is 9.15 Å². The van der Waals surface area contributed by atoms with Crippen LogP contribution in [-0.4, -0.2) is 26.9 Å². The molecule has 5 rings (SSSR count). The summed E-state index contributed by atoms with van der Waals surface area (Å²) in [6.07, 6.45) is 3.92. The lowest BCUT2D eigenvalue weighted by molar-refractivity contribution is 0.414. The molecule has 0 fully saturated rings. The van der Waals surface area contributed by atoms with Crippen LogP contribution in [-0.2, 0) is 0 Å². The number of methoxy groups -OCH3 is 1. The summed E-state index contributed by atoms with van der Waals surface area (Å²) in [7, 11) is 1.66. The highest BCUT2D eigenvalue weighted by molar-refractivity contribution is 7.17. The molecule has 7 heteroatoms. The van der Waals surface area contributed by atoms with E-state index >= 15 is 0 Å². The lowest BCUT2D eigenvalue weighted by Gasteiger charge is -2.02. The van der Waals surface area contributed by atoms with E-state index in [9.17, 15) is 0 Å². The van der Waals surface area contributed by atoms with Gasteiger partial charge in [0.05, 0.1) is 7.11 Å². The quantitative estimate of drug-likeness (QED) is 0.453. The fourth-order valence-corrected chi connectivity index (χ4v) is 3.65. The topological polar surface area (TPSA) is 65.5 Å². The van der Waals surface area contributed by atoms with E-state index in [0.717, 1.165) is 27.3 Å². The van der Waals surface area contributed by atoms with E-state index in [1.807, 2.05) is 66.7 Å². The number of hydrogen-bond donors (Lipinski definition) is 0. The van der Waals surface area contributed by atoms with Gasteiger partial charge in [-0.3, -0.25) is 0 Å². The average molecular weight is 374 g/mol. The van der Waals surface area contributed by atoms with E-state index in [4.69, 9.17) is 9.15 Å². The van der Waals surface area contributed by atoms with Gasteiger partial charge in [-0.1, -0.05) is 47.7 Å². The van der Waals surface area contributed by atoms with Crippen molar-refractivity contribution in [3.8, 4) is 17.3 Å². The van der Waals surface area contributed by atoms with Gasteiger partial charge in [0, 0.05) is 10.9 Å². The molecule has 0 spiro atoms. The highest BCUT2D eigenvalue weighted by Gasteiger charge is 2.16. The van der Waals surface area contributed by atoms with E-state index in [1.165, 1.54) is 11.3 Å². The number of aromatic nitrogens is 4. The van der Waals surface area contributed by atoms with Crippen LogP contribution in [0.5, 0.6) is 5.75 Å². The van der Waals surface area contributed by atoms with Gasteiger partial charge < -0.3 is 9.15 Å². The summed E-state index contributed by atoms with van der Waals surface area (Å²) in [6, 6.07) is 17.6. The monoisotopic (exact) mass is 374 g/mol. The number of ether oxygens (including phenoxy) is 1. The fraction of sp³-hybridized carbons (Fsp3) is 0.0500. The summed E-state index contributed by atoms with van der Waals surface area (Å²) in [5.74, 6) is 2.06. The van der Waals surface area contributed by atoms with Gasteiger partial charge in [-0.05, 0) is 30.4 Å². The molecular formula is C20H14N4O2S. The molecular weight excluding hydrogens is 360 g/mol. The zero-order valence-corrected chi connectivity index (χ0v) is 15.2. The summed E-state index contributed by atoms with van der Waals surface area (Å²) < 4.78 is 13.0. The SMILES string of the molecule is COc1ccccc1/C=C\c1nn2c(-c3cc4ccccc4o3)nnc2s1. The number of hydrogen-bond acceptors (Lipinski definition) is 6. The van der Waals surface area contributed by atoms with Crippen LogP contribution in [0.2, 0.25) is 0 Å². The number of furan rings is 1. The summed E-state index contributed by atoms with van der Waals surface area (Å²) in [6.45, 7) is 0. The largest absolute Gasteiger partial charge is 0.496 e. The lowest BCUT2D eigenvalue weighted by atomic mass is 10.2. The Bertz CT molecular complexity index is 1250. The molecule has 0 aliphatic heterocycles. The van der Waals surface area contributed by atoms with Gasteiger partial charge in [-0.25, -0.2) is 0 Å². The Labute approximate surface area is 158 Å². The molecule has 5 aromatic rings. The van der Waals surface area contributed by atoms with Crippen molar-refractivity contribution in [2.45, 2.75) is 0 Å². The zero-order valence-electron chi connectivity index (χ0n) is 14.4. The van der Waals surface area contributed by atoms with E-state index in [0.29, 0.717) is 16.5 Å². The van der Waals surface area contributed by atoms with Crippen molar-refractivity contribution in [2.24, 2.45) is 0 Å². The minimum absolute atomic E-state index is 0.592. The predicted molar refractivity (Wildman–Crippen MR) is 106 cm³/mol. The summed E-state index contributed by atoms with van der Waals surface area (Å²) in [4.78, 5) is 0.713. The first-order valence-corrected chi connectivity index (χ1v) is 9.16. The molecule has 132 valence electrons. The maximum atomic E-state index is 5.90. The Kier molecular flexibility index (Phi) is 3.72. The minimum atomic E-state index is 0.592. The van der Waals surface area contributed by atoms with Crippen LogP contribution in [0.4, 0.5) is 0 Å². The molecule has 0 bridgehead atoms. The third-order valence-electron chi connectivity index (χ3n) is 4.20. The first kappa shape index (κ1) is 15.8. The van der Waals surface area contributed by atoms with Crippen LogP contribution in [0.1, 0.15) is 10.6 Å². The van der Waals surface area contributed by atoms with E-state index < -0.39 is 0 Å². The molecule has 0 N–H and O–H groups in total. The Balaban J connectivity index is 1.52. The molecule has 0 saturated heterocycles. The van der Waals surface area contributed by atoms with Crippen molar-refractivity contribution >= 4 is 39.4 Å². The maximum Gasteiger partial charge on any atom is 0.235 e. The molecule has 3 heterocycles. The molecule has 27 heavy (non-hydrogen) atoms. The van der Waals surface area contributed by atoms with Crippen molar-refractivity contribution in [1.82, 2.24) is 19.8 Å². The molecule has 0 unspecified atom stereocenters. The molecule has 2 aromatic carbocycles. The summed E-state index contributed by atoms with van der Waals surface area (Å²) in [5, 5.41) is 14.9. The van der Waals surface area contributed by atoms with Gasteiger partial charge in [-0.15, -0.1) is 10.2 Å². The van der Waals surface area contributed by atoms with Crippen LogP contribution in [0.3, 0.4) is 0 Å². The fourth-order valence-electron chi connectivity index (χ4n) is 2.91. The van der Waals surface area contributed by atoms with Gasteiger partial charge in [0.1, 0.15) is 16.3 Å². The summed E-state index contributed by atoms with van der Waals surface area (Å²) in [5.41, 5.74) is 1.80. The third-order valence-corrected chi connectivity index (χ3v) is 5.06. The van der Waals surface area contributed by atoms with Gasteiger partial charge in [0.2, 0.25) is 10.8 Å². The maximum absolute atomic E-state index is 5.90. The highest BCUT2D eigenvalue weighted by atomic mass is 32.1. The smallest absolute Gasteiger partial charge is 0.235 e. The van der Waals surface area contributed by atoms with Crippen molar-refractivity contribution in [2.75, 3.05) is 7.11 Å². The van der Waals surface area contributed by atoms with Crippen molar-refractivity contribution in [3.05, 3.63) is 65.2 Å². The number of benzene rings is 2. The zero-order chi connectivity index (χ0) is 18.2. The molecule has 0 atom stereocenters. The molecule has 0 amide bonds. The van der Waals surface area contributed by atoms with Gasteiger partial charge in [-0.2, -0.15) is 9.61 Å².